The summed E-state index contributed by atoms with van der Waals surface area (Å²) in [7, 11) is -3.75. The van der Waals surface area contributed by atoms with Gasteiger partial charge in [-0.15, -0.1) is 11.3 Å². The third-order valence-corrected chi connectivity index (χ3v) is 6.86. The van der Waals surface area contributed by atoms with Crippen molar-refractivity contribution >= 4 is 38.5 Å². The smallest absolute Gasteiger partial charge is 0.241 e. The minimum absolute atomic E-state index is 0.0417. The molecule has 1 N–H and O–H groups in total. The zero-order chi connectivity index (χ0) is 18.0. The summed E-state index contributed by atoms with van der Waals surface area (Å²) in [4.78, 5) is 13.6. The molecule has 0 saturated carbocycles. The summed E-state index contributed by atoms with van der Waals surface area (Å²) in [5.41, 5.74) is 0.966. The van der Waals surface area contributed by atoms with Crippen LogP contribution in [-0.4, -0.2) is 14.2 Å². The standard InChI is InChI=1S/C17H14FNO3S3/c1-11-8-13(18)2-5-16(11)25(21,22)19-9-14-3-4-15(24-14)17(20)12-6-7-23-10-12/h2-8,10,19H,9H2,1H3. The van der Waals surface area contributed by atoms with Gasteiger partial charge in [-0.25, -0.2) is 17.5 Å². The van der Waals surface area contributed by atoms with E-state index >= 15 is 0 Å². The highest BCUT2D eigenvalue weighted by atomic mass is 32.2. The van der Waals surface area contributed by atoms with E-state index < -0.39 is 15.8 Å². The molecule has 0 aliphatic rings. The molecule has 1 aromatic carbocycles. The predicted octanol–water partition coefficient (Wildman–Crippen LogP) is 3.97. The highest BCUT2D eigenvalue weighted by Gasteiger charge is 2.18. The molecule has 8 heteroatoms. The number of ketones is 1. The zero-order valence-electron chi connectivity index (χ0n) is 13.2. The first-order valence-corrected chi connectivity index (χ1v) is 10.5. The van der Waals surface area contributed by atoms with Gasteiger partial charge in [0.1, 0.15) is 5.82 Å². The summed E-state index contributed by atoms with van der Waals surface area (Å²) in [5.74, 6) is -0.555. The molecular weight excluding hydrogens is 381 g/mol. The van der Waals surface area contributed by atoms with E-state index in [1.165, 1.54) is 34.8 Å². The lowest BCUT2D eigenvalue weighted by Gasteiger charge is -2.08. The number of halogens is 1. The zero-order valence-corrected chi connectivity index (χ0v) is 15.6. The van der Waals surface area contributed by atoms with Crippen LogP contribution in [0.15, 0.2) is 52.1 Å². The molecule has 0 aliphatic carbocycles. The molecule has 130 valence electrons. The normalized spacial score (nSPS) is 11.6. The van der Waals surface area contributed by atoms with Gasteiger partial charge in [0, 0.05) is 22.4 Å². The van der Waals surface area contributed by atoms with Crippen LogP contribution in [0.3, 0.4) is 0 Å². The van der Waals surface area contributed by atoms with Crippen molar-refractivity contribution in [2.75, 3.05) is 0 Å². The Morgan fingerprint density at radius 3 is 2.68 bits per heavy atom. The maximum atomic E-state index is 13.1. The van der Waals surface area contributed by atoms with Gasteiger partial charge in [-0.05, 0) is 54.3 Å². The number of aryl methyl sites for hydroxylation is 1. The van der Waals surface area contributed by atoms with Gasteiger partial charge < -0.3 is 0 Å². The van der Waals surface area contributed by atoms with Crippen molar-refractivity contribution in [3.8, 4) is 0 Å². The molecule has 2 aromatic heterocycles. The SMILES string of the molecule is Cc1cc(F)ccc1S(=O)(=O)NCc1ccc(C(=O)c2ccsc2)s1. The van der Waals surface area contributed by atoms with Crippen molar-refractivity contribution in [2.24, 2.45) is 0 Å². The van der Waals surface area contributed by atoms with Crippen molar-refractivity contribution in [2.45, 2.75) is 18.4 Å². The van der Waals surface area contributed by atoms with Crippen LogP contribution in [0.25, 0.3) is 0 Å². The van der Waals surface area contributed by atoms with Crippen molar-refractivity contribution in [3.05, 3.63) is 73.9 Å². The van der Waals surface area contributed by atoms with Crippen LogP contribution in [0, 0.1) is 12.7 Å². The van der Waals surface area contributed by atoms with Gasteiger partial charge in [0.2, 0.25) is 15.8 Å². The van der Waals surface area contributed by atoms with Gasteiger partial charge in [-0.3, -0.25) is 4.79 Å². The molecule has 3 rings (SSSR count). The highest BCUT2D eigenvalue weighted by Crippen LogP contribution is 2.22. The topological polar surface area (TPSA) is 63.2 Å². The second-order valence-electron chi connectivity index (χ2n) is 5.34. The Kier molecular flexibility index (Phi) is 5.14. The molecule has 0 spiro atoms. The Balaban J connectivity index is 1.72. The number of hydrogen-bond acceptors (Lipinski definition) is 5. The summed E-state index contributed by atoms with van der Waals surface area (Å²) < 4.78 is 40.4. The largest absolute Gasteiger partial charge is 0.288 e. The van der Waals surface area contributed by atoms with Crippen molar-refractivity contribution < 1.29 is 17.6 Å². The van der Waals surface area contributed by atoms with Crippen molar-refractivity contribution in [3.63, 3.8) is 0 Å². The molecular formula is C17H14FNO3S3. The van der Waals surface area contributed by atoms with E-state index in [0.29, 0.717) is 16.0 Å². The quantitative estimate of drug-likeness (QED) is 0.643. The number of thiophene rings is 2. The molecule has 25 heavy (non-hydrogen) atoms. The Morgan fingerprint density at radius 2 is 2.00 bits per heavy atom. The number of nitrogens with one attached hydrogen (secondary N) is 1. The average molecular weight is 396 g/mol. The van der Waals surface area contributed by atoms with Crippen molar-refractivity contribution in [1.29, 1.82) is 0 Å². The molecule has 0 amide bonds. The van der Waals surface area contributed by atoms with E-state index in [0.717, 1.165) is 10.9 Å². The molecule has 4 nitrogen and oxygen atoms in total. The first-order chi connectivity index (χ1) is 11.9. The minimum Gasteiger partial charge on any atom is -0.288 e. The lowest BCUT2D eigenvalue weighted by atomic mass is 10.2. The van der Waals surface area contributed by atoms with E-state index in [1.54, 1.807) is 30.5 Å². The third kappa shape index (κ3) is 4.04. The van der Waals surface area contributed by atoms with Crippen LogP contribution in [0.5, 0.6) is 0 Å². The number of benzene rings is 1. The Hall–Kier alpha value is -1.87. The average Bonchev–Trinajstić information content (AvgIpc) is 3.24. The second kappa shape index (κ2) is 7.17. The van der Waals surface area contributed by atoms with E-state index in [2.05, 4.69) is 4.72 Å². The number of carbonyl (C=O) groups is 1. The van der Waals surface area contributed by atoms with Crippen LogP contribution in [0.2, 0.25) is 0 Å². The van der Waals surface area contributed by atoms with Gasteiger partial charge in [0.25, 0.3) is 0 Å². The van der Waals surface area contributed by atoms with Gasteiger partial charge in [0.15, 0.2) is 0 Å². The summed E-state index contributed by atoms with van der Waals surface area (Å²) in [6.45, 7) is 1.61. The van der Waals surface area contributed by atoms with Crippen LogP contribution < -0.4 is 4.72 Å². The third-order valence-electron chi connectivity index (χ3n) is 3.53. The lowest BCUT2D eigenvalue weighted by molar-refractivity contribution is 0.104. The Labute approximate surface area is 153 Å². The fraction of sp³-hybridized carbons (Fsp3) is 0.118. The van der Waals surface area contributed by atoms with Gasteiger partial charge in [-0.1, -0.05) is 0 Å². The number of sulfonamides is 1. The lowest BCUT2D eigenvalue weighted by Crippen LogP contribution is -2.23. The second-order valence-corrected chi connectivity index (χ2v) is 9.03. The Bertz CT molecular complexity index is 1010. The maximum absolute atomic E-state index is 13.1. The molecule has 0 bridgehead atoms. The van der Waals surface area contributed by atoms with Crippen LogP contribution in [0.1, 0.15) is 25.7 Å². The number of hydrogen-bond donors (Lipinski definition) is 1. The molecule has 0 atom stereocenters. The minimum atomic E-state index is -3.75. The molecule has 0 saturated heterocycles. The highest BCUT2D eigenvalue weighted by molar-refractivity contribution is 7.89. The molecule has 0 radical (unpaired) electrons. The van der Waals surface area contributed by atoms with Gasteiger partial charge >= 0.3 is 0 Å². The molecule has 3 aromatic rings. The van der Waals surface area contributed by atoms with Crippen LogP contribution >= 0.6 is 22.7 Å². The molecule has 0 unspecified atom stereocenters. The van der Waals surface area contributed by atoms with Crippen LogP contribution in [0.4, 0.5) is 4.39 Å². The number of rotatable bonds is 6. The van der Waals surface area contributed by atoms with E-state index in [-0.39, 0.29) is 17.2 Å². The predicted molar refractivity (Wildman–Crippen MR) is 97.2 cm³/mol. The molecule has 2 heterocycles. The maximum Gasteiger partial charge on any atom is 0.241 e. The van der Waals surface area contributed by atoms with Gasteiger partial charge in [-0.2, -0.15) is 11.3 Å². The molecule has 0 aliphatic heterocycles. The van der Waals surface area contributed by atoms with Gasteiger partial charge in [0.05, 0.1) is 9.77 Å². The molecule has 0 fully saturated rings. The number of carbonyl (C=O) groups excluding carboxylic acids is 1. The van der Waals surface area contributed by atoms with E-state index in [1.807, 2.05) is 5.38 Å². The van der Waals surface area contributed by atoms with Crippen LogP contribution in [-0.2, 0) is 16.6 Å². The van der Waals surface area contributed by atoms with E-state index in [9.17, 15) is 17.6 Å². The summed E-state index contributed by atoms with van der Waals surface area (Å²) in [5, 5.41) is 3.61. The first-order valence-electron chi connectivity index (χ1n) is 7.28. The summed E-state index contributed by atoms with van der Waals surface area (Å²) >= 11 is 2.70. The Morgan fingerprint density at radius 1 is 1.20 bits per heavy atom. The first kappa shape index (κ1) is 17.9. The van der Waals surface area contributed by atoms with Crippen molar-refractivity contribution in [1.82, 2.24) is 4.72 Å². The fourth-order valence-corrected chi connectivity index (χ4v) is 5.16. The summed E-state index contributed by atoms with van der Waals surface area (Å²) in [6.07, 6.45) is 0. The monoisotopic (exact) mass is 395 g/mol. The summed E-state index contributed by atoms with van der Waals surface area (Å²) in [6, 6.07) is 8.71. The van der Waals surface area contributed by atoms with E-state index in [4.69, 9.17) is 0 Å². The fourth-order valence-electron chi connectivity index (χ4n) is 2.29.